The van der Waals surface area contributed by atoms with Crippen LogP contribution in [0.2, 0.25) is 0 Å². The molecule has 0 spiro atoms. The molecule has 176 valence electrons. The third-order valence-electron chi connectivity index (χ3n) is 9.08. The number of esters is 1. The van der Waals surface area contributed by atoms with E-state index in [2.05, 4.69) is 6.07 Å². The standard InChI is InChI=1S/C24H37N5O3/c25-4-2-1-3-18(27)22(31)32-24-10-14-5-15(11-24)9-23(8-14,13-24)20(28)21(30)29-17(12-26)6-16-7-19(16)29/h14-20H,1-11,13,25,27-28H2/t14?,15?,16-,17+,18+,19+,20-,23?,24?/m1/s1. The second kappa shape index (κ2) is 7.96. The summed E-state index contributed by atoms with van der Waals surface area (Å²) in [6.07, 6.45) is 9.31. The van der Waals surface area contributed by atoms with Crippen LogP contribution in [0.4, 0.5) is 0 Å². The van der Waals surface area contributed by atoms with E-state index in [-0.39, 0.29) is 29.4 Å². The van der Waals surface area contributed by atoms with Gasteiger partial charge < -0.3 is 26.8 Å². The van der Waals surface area contributed by atoms with Gasteiger partial charge in [-0.1, -0.05) is 6.42 Å². The van der Waals surface area contributed by atoms with Crippen molar-refractivity contribution in [3.05, 3.63) is 0 Å². The van der Waals surface area contributed by atoms with Crippen molar-refractivity contribution in [2.45, 2.75) is 100 Å². The molecule has 0 radical (unpaired) electrons. The normalized spacial score (nSPS) is 42.8. The number of nitrogens with two attached hydrogens (primary N) is 3. The quantitative estimate of drug-likeness (QED) is 0.376. The summed E-state index contributed by atoms with van der Waals surface area (Å²) in [5.74, 6) is 0.929. The summed E-state index contributed by atoms with van der Waals surface area (Å²) in [5, 5.41) is 9.55. The lowest BCUT2D eigenvalue weighted by molar-refractivity contribution is -0.207. The van der Waals surface area contributed by atoms with Crippen molar-refractivity contribution in [3.8, 4) is 6.07 Å². The Morgan fingerprint density at radius 3 is 2.47 bits per heavy atom. The van der Waals surface area contributed by atoms with Crippen LogP contribution in [0.25, 0.3) is 0 Å². The SMILES string of the molecule is N#C[C@@H]1C[C@@H]2C[C@@H]2N1C(=O)[C@@H](N)C12CC3CC(CC(OC(=O)[C@@H](N)CCCCN)(C3)C1)C2. The minimum absolute atomic E-state index is 0.0662. The Morgan fingerprint density at radius 2 is 1.81 bits per heavy atom. The molecule has 8 heteroatoms. The van der Waals surface area contributed by atoms with Gasteiger partial charge in [0, 0.05) is 6.04 Å². The minimum Gasteiger partial charge on any atom is -0.458 e. The second-order valence-corrected chi connectivity index (χ2v) is 11.5. The van der Waals surface area contributed by atoms with Crippen LogP contribution < -0.4 is 17.2 Å². The van der Waals surface area contributed by atoms with Gasteiger partial charge in [0.1, 0.15) is 17.7 Å². The zero-order chi connectivity index (χ0) is 22.7. The van der Waals surface area contributed by atoms with Crippen molar-refractivity contribution < 1.29 is 14.3 Å². The number of amides is 1. The molecule has 6 fully saturated rings. The summed E-state index contributed by atoms with van der Waals surface area (Å²) >= 11 is 0. The Labute approximate surface area is 190 Å². The maximum absolute atomic E-state index is 13.6. The number of fused-ring (bicyclic) bond motifs is 1. The molecule has 6 aliphatic rings. The third-order valence-corrected chi connectivity index (χ3v) is 9.08. The lowest BCUT2D eigenvalue weighted by atomic mass is 9.46. The average molecular weight is 444 g/mol. The maximum atomic E-state index is 13.6. The third kappa shape index (κ3) is 3.63. The molecule has 2 unspecified atom stereocenters. The van der Waals surface area contributed by atoms with Crippen LogP contribution in [0.5, 0.6) is 0 Å². The number of ether oxygens (including phenoxy) is 1. The van der Waals surface area contributed by atoms with Crippen LogP contribution in [0.15, 0.2) is 0 Å². The van der Waals surface area contributed by atoms with Crippen molar-refractivity contribution in [1.29, 1.82) is 5.26 Å². The van der Waals surface area contributed by atoms with Crippen molar-refractivity contribution in [2.75, 3.05) is 6.54 Å². The van der Waals surface area contributed by atoms with E-state index in [4.69, 9.17) is 21.9 Å². The molecule has 0 aromatic carbocycles. The zero-order valence-corrected chi connectivity index (χ0v) is 18.9. The second-order valence-electron chi connectivity index (χ2n) is 11.5. The van der Waals surface area contributed by atoms with E-state index in [1.807, 2.05) is 0 Å². The molecule has 5 saturated carbocycles. The summed E-state index contributed by atoms with van der Waals surface area (Å²) in [7, 11) is 0. The fourth-order valence-electron chi connectivity index (χ4n) is 7.96. The molecule has 1 heterocycles. The highest BCUT2D eigenvalue weighted by atomic mass is 16.6. The van der Waals surface area contributed by atoms with Crippen LogP contribution in [-0.2, 0) is 14.3 Å². The summed E-state index contributed by atoms with van der Waals surface area (Å²) in [6, 6.07) is 0.896. The molecule has 7 atom stereocenters. The van der Waals surface area contributed by atoms with Gasteiger partial charge >= 0.3 is 5.97 Å². The Bertz CT molecular complexity index is 811. The van der Waals surface area contributed by atoms with Gasteiger partial charge in [0.2, 0.25) is 5.91 Å². The topological polar surface area (TPSA) is 148 Å². The summed E-state index contributed by atoms with van der Waals surface area (Å²) < 4.78 is 6.17. The monoisotopic (exact) mass is 443 g/mol. The number of hydrogen-bond acceptors (Lipinski definition) is 7. The first-order valence-electron chi connectivity index (χ1n) is 12.5. The Hall–Kier alpha value is -1.69. The summed E-state index contributed by atoms with van der Waals surface area (Å²) in [6.45, 7) is 0.592. The van der Waals surface area contributed by atoms with Crippen LogP contribution in [0, 0.1) is 34.5 Å². The minimum atomic E-state index is -0.639. The molecule has 4 bridgehead atoms. The van der Waals surface area contributed by atoms with E-state index in [1.54, 1.807) is 4.90 Å². The molecule has 1 amide bonds. The maximum Gasteiger partial charge on any atom is 0.323 e. The first-order valence-corrected chi connectivity index (χ1v) is 12.5. The van der Waals surface area contributed by atoms with Crippen LogP contribution in [-0.4, -0.2) is 53.1 Å². The zero-order valence-electron chi connectivity index (χ0n) is 18.9. The number of rotatable bonds is 8. The summed E-state index contributed by atoms with van der Waals surface area (Å²) in [5.41, 5.74) is 17.5. The van der Waals surface area contributed by atoms with E-state index in [1.165, 1.54) is 0 Å². The van der Waals surface area contributed by atoms with Gasteiger partial charge in [-0.05, 0) is 93.9 Å². The number of piperidine rings is 1. The van der Waals surface area contributed by atoms with Gasteiger partial charge in [-0.3, -0.25) is 9.59 Å². The average Bonchev–Trinajstić information content (AvgIpc) is 3.41. The summed E-state index contributed by atoms with van der Waals surface area (Å²) in [4.78, 5) is 28.2. The predicted molar refractivity (Wildman–Crippen MR) is 118 cm³/mol. The van der Waals surface area contributed by atoms with E-state index in [0.29, 0.717) is 37.1 Å². The van der Waals surface area contributed by atoms with Crippen molar-refractivity contribution in [2.24, 2.45) is 40.4 Å². The molecule has 0 aromatic heterocycles. The lowest BCUT2D eigenvalue weighted by Gasteiger charge is -2.62. The number of carbonyl (C=O) groups is 2. The number of carbonyl (C=O) groups excluding carboxylic acids is 2. The molecule has 5 aliphatic carbocycles. The Kier molecular flexibility index (Phi) is 5.51. The fourth-order valence-corrected chi connectivity index (χ4v) is 7.96. The molecule has 6 rings (SSSR count). The van der Waals surface area contributed by atoms with Crippen LogP contribution in [0.1, 0.15) is 70.6 Å². The molecule has 1 saturated heterocycles. The molecule has 8 nitrogen and oxygen atoms in total. The number of hydrogen-bond donors (Lipinski definition) is 3. The largest absolute Gasteiger partial charge is 0.458 e. The van der Waals surface area contributed by atoms with Gasteiger partial charge in [-0.25, -0.2) is 0 Å². The smallest absolute Gasteiger partial charge is 0.323 e. The van der Waals surface area contributed by atoms with Crippen molar-refractivity contribution in [1.82, 2.24) is 4.90 Å². The molecule has 32 heavy (non-hydrogen) atoms. The number of nitriles is 1. The van der Waals surface area contributed by atoms with E-state index in [0.717, 1.165) is 57.8 Å². The van der Waals surface area contributed by atoms with Crippen LogP contribution in [0.3, 0.4) is 0 Å². The lowest BCUT2D eigenvalue weighted by Crippen LogP contribution is -2.66. The highest BCUT2D eigenvalue weighted by Gasteiger charge is 2.64. The number of unbranched alkanes of at least 4 members (excludes halogenated alkanes) is 1. The predicted octanol–water partition coefficient (Wildman–Crippen LogP) is 1.17. The van der Waals surface area contributed by atoms with Gasteiger partial charge in [-0.2, -0.15) is 5.26 Å². The van der Waals surface area contributed by atoms with Gasteiger partial charge in [0.05, 0.1) is 12.1 Å². The molecular formula is C24H37N5O3. The highest BCUT2D eigenvalue weighted by molar-refractivity contribution is 5.84. The molecule has 6 N–H and O–H groups in total. The van der Waals surface area contributed by atoms with E-state index in [9.17, 15) is 14.9 Å². The van der Waals surface area contributed by atoms with Gasteiger partial charge in [-0.15, -0.1) is 0 Å². The van der Waals surface area contributed by atoms with Gasteiger partial charge in [0.25, 0.3) is 0 Å². The fraction of sp³-hybridized carbons (Fsp3) is 0.875. The van der Waals surface area contributed by atoms with E-state index < -0.39 is 17.7 Å². The van der Waals surface area contributed by atoms with Crippen molar-refractivity contribution >= 4 is 11.9 Å². The Morgan fingerprint density at radius 1 is 1.09 bits per heavy atom. The molecule has 0 aromatic rings. The van der Waals surface area contributed by atoms with Crippen molar-refractivity contribution in [3.63, 3.8) is 0 Å². The number of nitrogens with zero attached hydrogens (tertiary/aromatic N) is 2. The molecule has 1 aliphatic heterocycles. The first-order chi connectivity index (χ1) is 15.3. The number of likely N-dealkylation sites (tertiary alicyclic amines) is 1. The van der Waals surface area contributed by atoms with Gasteiger partial charge in [0.15, 0.2) is 0 Å². The molecular weight excluding hydrogens is 406 g/mol. The first kappa shape index (κ1) is 22.1. The van der Waals surface area contributed by atoms with E-state index >= 15 is 0 Å². The van der Waals surface area contributed by atoms with Crippen LogP contribution >= 0.6 is 0 Å². The Balaban J connectivity index is 1.31. The highest BCUT2D eigenvalue weighted by Crippen LogP contribution is 2.64.